The molecule has 4 fully saturated rings. The average Bonchev–Trinajstić information content (AvgIpc) is 3.11. The Kier molecular flexibility index (Phi) is 5.06. The number of hydrogen-bond donors (Lipinski definition) is 0. The largest absolute Gasteiger partial charge is 0.495 e. The minimum atomic E-state index is 0.220. The maximum Gasteiger partial charge on any atom is 0.189 e. The van der Waals surface area contributed by atoms with E-state index in [9.17, 15) is 0 Å². The minimum Gasteiger partial charge on any atom is -0.495 e. The van der Waals surface area contributed by atoms with Crippen LogP contribution in [0.25, 0.3) is 15.8 Å². The molecule has 5 heteroatoms. The Labute approximate surface area is 175 Å². The van der Waals surface area contributed by atoms with Crippen molar-refractivity contribution in [2.75, 3.05) is 20.5 Å². The molecule has 3 nitrogen and oxygen atoms in total. The number of fused-ring (bicyclic) bond motifs is 1. The third-order valence-corrected chi connectivity index (χ3v) is 8.30. The van der Waals surface area contributed by atoms with Crippen LogP contribution in [-0.4, -0.2) is 20.5 Å². The van der Waals surface area contributed by atoms with E-state index in [2.05, 4.69) is 12.1 Å². The first-order valence-corrected chi connectivity index (χ1v) is 11.6. The van der Waals surface area contributed by atoms with Crippen LogP contribution in [-0.2, 0) is 9.47 Å². The highest BCUT2D eigenvalue weighted by molar-refractivity contribution is 7.20. The molecule has 150 valence electrons. The van der Waals surface area contributed by atoms with Gasteiger partial charge in [-0.25, -0.2) is 0 Å². The molecule has 4 saturated carbocycles. The third-order valence-electron chi connectivity index (χ3n) is 6.81. The minimum absolute atomic E-state index is 0.220. The van der Waals surface area contributed by atoms with Gasteiger partial charge in [-0.05, 0) is 86.5 Å². The molecule has 0 spiro atoms. The predicted molar refractivity (Wildman–Crippen MR) is 115 cm³/mol. The number of benzene rings is 1. The molecule has 0 amide bonds. The molecule has 6 rings (SSSR count). The van der Waals surface area contributed by atoms with Gasteiger partial charge >= 0.3 is 0 Å². The first kappa shape index (κ1) is 18.8. The lowest BCUT2D eigenvalue weighted by Gasteiger charge is -2.51. The van der Waals surface area contributed by atoms with E-state index in [0.29, 0.717) is 17.4 Å². The summed E-state index contributed by atoms with van der Waals surface area (Å²) in [6.45, 7) is 2.79. The standard InChI is InChI=1S/C23H27ClO3S/c1-3-26-12-27-18-4-5-19-17(22(18)24)11-20(28-19)23(25-2)21-15-7-13-6-14(9-15)10-16(21)8-13/h4-5,11,13-16H,3,6-10,12H2,1-2H3. The van der Waals surface area contributed by atoms with Crippen molar-refractivity contribution in [1.29, 1.82) is 0 Å². The van der Waals surface area contributed by atoms with E-state index in [1.807, 2.05) is 20.1 Å². The molecule has 0 atom stereocenters. The number of halogens is 1. The summed E-state index contributed by atoms with van der Waals surface area (Å²) in [4.78, 5) is 1.20. The summed E-state index contributed by atoms with van der Waals surface area (Å²) < 4.78 is 18.2. The summed E-state index contributed by atoms with van der Waals surface area (Å²) in [5, 5.41) is 1.69. The first-order valence-electron chi connectivity index (χ1n) is 10.4. The maximum atomic E-state index is 6.66. The quantitative estimate of drug-likeness (QED) is 0.295. The molecule has 28 heavy (non-hydrogen) atoms. The zero-order valence-electron chi connectivity index (χ0n) is 16.5. The number of methoxy groups -OCH3 is 1. The second-order valence-corrected chi connectivity index (χ2v) is 9.91. The van der Waals surface area contributed by atoms with Crippen LogP contribution in [0.3, 0.4) is 0 Å². The lowest BCUT2D eigenvalue weighted by molar-refractivity contribution is 0.0225. The molecule has 4 aliphatic rings. The van der Waals surface area contributed by atoms with Crippen LogP contribution >= 0.6 is 22.9 Å². The average molecular weight is 419 g/mol. The summed E-state index contributed by atoms with van der Waals surface area (Å²) in [5.74, 6) is 5.13. The Morgan fingerprint density at radius 1 is 1.11 bits per heavy atom. The summed E-state index contributed by atoms with van der Waals surface area (Å²) >= 11 is 8.43. The number of thiophene rings is 1. The van der Waals surface area contributed by atoms with Gasteiger partial charge in [-0.15, -0.1) is 11.3 Å². The molecule has 1 aromatic heterocycles. The van der Waals surface area contributed by atoms with Crippen LogP contribution in [0.5, 0.6) is 5.75 Å². The zero-order valence-corrected chi connectivity index (χ0v) is 18.1. The molecule has 4 aliphatic carbocycles. The zero-order chi connectivity index (χ0) is 19.3. The smallest absolute Gasteiger partial charge is 0.189 e. The first-order chi connectivity index (χ1) is 13.7. The Balaban J connectivity index is 1.52. The predicted octanol–water partition coefficient (Wildman–Crippen LogP) is 6.74. The maximum absolute atomic E-state index is 6.66. The van der Waals surface area contributed by atoms with Crippen molar-refractivity contribution in [2.45, 2.75) is 39.0 Å². The molecule has 4 bridgehead atoms. The summed E-state index contributed by atoms with van der Waals surface area (Å²) in [6.07, 6.45) is 6.89. The van der Waals surface area contributed by atoms with Gasteiger partial charge in [0.05, 0.1) is 17.0 Å². The van der Waals surface area contributed by atoms with E-state index in [1.54, 1.807) is 16.9 Å². The van der Waals surface area contributed by atoms with Crippen molar-refractivity contribution in [2.24, 2.45) is 23.7 Å². The molecule has 0 saturated heterocycles. The van der Waals surface area contributed by atoms with E-state index in [4.69, 9.17) is 25.8 Å². The summed E-state index contributed by atoms with van der Waals surface area (Å²) in [6, 6.07) is 6.21. The van der Waals surface area contributed by atoms with E-state index in [0.717, 1.165) is 34.8 Å². The molecule has 1 heterocycles. The normalized spacial score (nSPS) is 28.2. The third kappa shape index (κ3) is 3.14. The van der Waals surface area contributed by atoms with Gasteiger partial charge in [-0.3, -0.25) is 0 Å². The van der Waals surface area contributed by atoms with Gasteiger partial charge in [0.15, 0.2) is 6.79 Å². The van der Waals surface area contributed by atoms with Gasteiger partial charge in [0.25, 0.3) is 0 Å². The fourth-order valence-electron chi connectivity index (χ4n) is 5.89. The van der Waals surface area contributed by atoms with E-state index >= 15 is 0 Å². The van der Waals surface area contributed by atoms with Gasteiger partial charge < -0.3 is 14.2 Å². The fraction of sp³-hybridized carbons (Fsp3) is 0.565. The topological polar surface area (TPSA) is 27.7 Å². The molecule has 0 unspecified atom stereocenters. The van der Waals surface area contributed by atoms with Crippen molar-refractivity contribution in [3.8, 4) is 5.75 Å². The van der Waals surface area contributed by atoms with E-state index < -0.39 is 0 Å². The Morgan fingerprint density at radius 3 is 2.46 bits per heavy atom. The number of allylic oxidation sites excluding steroid dienone is 1. The molecule has 0 radical (unpaired) electrons. The van der Waals surface area contributed by atoms with Crippen molar-refractivity contribution in [3.05, 3.63) is 33.7 Å². The van der Waals surface area contributed by atoms with Crippen molar-refractivity contribution < 1.29 is 14.2 Å². The van der Waals surface area contributed by atoms with Gasteiger partial charge in [0.1, 0.15) is 11.5 Å². The SMILES string of the molecule is CCOCOc1ccc2sc(C(OC)=C3C4CC5CC(C4)CC3C5)cc2c1Cl. The number of ether oxygens (including phenoxy) is 3. The highest BCUT2D eigenvalue weighted by atomic mass is 35.5. The lowest BCUT2D eigenvalue weighted by Crippen LogP contribution is -2.40. The van der Waals surface area contributed by atoms with Crippen LogP contribution < -0.4 is 4.74 Å². The second kappa shape index (κ2) is 7.55. The van der Waals surface area contributed by atoms with Gasteiger partial charge in [-0.2, -0.15) is 0 Å². The Bertz CT molecular complexity index is 886. The van der Waals surface area contributed by atoms with E-state index in [1.165, 1.54) is 41.7 Å². The molecule has 1 aromatic carbocycles. The van der Waals surface area contributed by atoms with Crippen LogP contribution in [0.4, 0.5) is 0 Å². The van der Waals surface area contributed by atoms with E-state index in [-0.39, 0.29) is 6.79 Å². The lowest BCUT2D eigenvalue weighted by atomic mass is 9.54. The molecule has 0 N–H and O–H groups in total. The second-order valence-electron chi connectivity index (χ2n) is 8.45. The number of rotatable bonds is 6. The monoisotopic (exact) mass is 418 g/mol. The number of hydrogen-bond acceptors (Lipinski definition) is 4. The fourth-order valence-corrected chi connectivity index (χ4v) is 7.34. The summed E-state index contributed by atoms with van der Waals surface area (Å²) in [5.41, 5.74) is 1.59. The molecular weight excluding hydrogens is 392 g/mol. The van der Waals surface area contributed by atoms with Gasteiger partial charge in [0.2, 0.25) is 0 Å². The van der Waals surface area contributed by atoms with Crippen LogP contribution in [0.15, 0.2) is 23.8 Å². The molecule has 0 aliphatic heterocycles. The summed E-state index contributed by atoms with van der Waals surface area (Å²) in [7, 11) is 1.83. The Morgan fingerprint density at radius 2 is 1.82 bits per heavy atom. The van der Waals surface area contributed by atoms with Crippen LogP contribution in [0.2, 0.25) is 5.02 Å². The van der Waals surface area contributed by atoms with Crippen LogP contribution in [0.1, 0.15) is 43.9 Å². The van der Waals surface area contributed by atoms with Crippen molar-refractivity contribution >= 4 is 38.8 Å². The highest BCUT2D eigenvalue weighted by Gasteiger charge is 2.46. The highest BCUT2D eigenvalue weighted by Crippen LogP contribution is 2.58. The molecular formula is C23H27ClO3S. The van der Waals surface area contributed by atoms with Crippen molar-refractivity contribution in [1.82, 2.24) is 0 Å². The van der Waals surface area contributed by atoms with Gasteiger partial charge in [0, 0.05) is 16.7 Å². The van der Waals surface area contributed by atoms with Crippen LogP contribution in [0, 0.1) is 23.7 Å². The van der Waals surface area contributed by atoms with Gasteiger partial charge in [-0.1, -0.05) is 11.6 Å². The molecule has 2 aromatic rings. The Hall–Kier alpha value is -1.23. The van der Waals surface area contributed by atoms with Crippen molar-refractivity contribution in [3.63, 3.8) is 0 Å².